The molecule has 4 nitrogen and oxygen atoms in total. The van der Waals surface area contributed by atoms with Gasteiger partial charge in [-0.2, -0.15) is 0 Å². The topological polar surface area (TPSA) is 44.7 Å². The minimum absolute atomic E-state index is 0. The van der Waals surface area contributed by atoms with Gasteiger partial charge < -0.3 is 15.2 Å². The number of piperazine rings is 1. The molecule has 1 aliphatic rings. The zero-order valence-electron chi connectivity index (χ0n) is 11.3. The number of phenolic OH excluding ortho intramolecular Hbond substituents is 1. The summed E-state index contributed by atoms with van der Waals surface area (Å²) in [6.07, 6.45) is 0. The van der Waals surface area contributed by atoms with Crippen molar-refractivity contribution in [3.63, 3.8) is 0 Å². The van der Waals surface area contributed by atoms with E-state index >= 15 is 0 Å². The fourth-order valence-corrected chi connectivity index (χ4v) is 2.40. The first-order valence-corrected chi connectivity index (χ1v) is 6.14. The number of benzene rings is 1. The average Bonchev–Trinajstić information content (AvgIpc) is 2.42. The molecule has 1 aromatic carbocycles. The Morgan fingerprint density at radius 3 is 2.55 bits per heavy atom. The van der Waals surface area contributed by atoms with Gasteiger partial charge in [0.25, 0.3) is 0 Å². The molecule has 0 aliphatic carbocycles. The van der Waals surface area contributed by atoms with Crippen molar-refractivity contribution in [2.75, 3.05) is 40.0 Å². The van der Waals surface area contributed by atoms with Crippen molar-refractivity contribution in [3.05, 3.63) is 23.8 Å². The van der Waals surface area contributed by atoms with Crippen LogP contribution in [0.3, 0.4) is 0 Å². The number of nitrogens with one attached hydrogen (secondary N) is 1. The molecule has 0 aromatic heterocycles. The third kappa shape index (κ3) is 4.12. The van der Waals surface area contributed by atoms with Crippen molar-refractivity contribution in [2.45, 2.75) is 6.04 Å². The molecule has 0 spiro atoms. The molecule has 1 aromatic rings. The highest BCUT2D eigenvalue weighted by Gasteiger charge is 2.27. The number of hydrogen-bond acceptors (Lipinski definition) is 4. The van der Waals surface area contributed by atoms with Crippen LogP contribution in [0.15, 0.2) is 18.2 Å². The van der Waals surface area contributed by atoms with Crippen molar-refractivity contribution in [1.29, 1.82) is 0 Å². The van der Waals surface area contributed by atoms with Crippen molar-refractivity contribution in [3.8, 4) is 11.5 Å². The largest absolute Gasteiger partial charge is 0.507 e. The Labute approximate surface area is 131 Å². The van der Waals surface area contributed by atoms with Crippen LogP contribution < -0.4 is 10.1 Å². The van der Waals surface area contributed by atoms with Gasteiger partial charge >= 0.3 is 0 Å². The van der Waals surface area contributed by atoms with E-state index in [0.29, 0.717) is 11.3 Å². The van der Waals surface area contributed by atoms with Gasteiger partial charge in [0.05, 0.1) is 18.7 Å². The first-order chi connectivity index (χ1) is 8.77. The van der Waals surface area contributed by atoms with E-state index in [1.54, 1.807) is 18.2 Å². The average molecular weight is 327 g/mol. The van der Waals surface area contributed by atoms with E-state index in [1.165, 1.54) is 7.11 Å². The molecule has 0 saturated carbocycles. The first kappa shape index (κ1) is 19.2. The van der Waals surface area contributed by atoms with Crippen molar-refractivity contribution in [2.24, 2.45) is 0 Å². The Balaban J connectivity index is 0.00000180. The molecule has 1 fully saturated rings. The molecule has 7 heteroatoms. The Morgan fingerprint density at radius 2 is 2.00 bits per heavy atom. The van der Waals surface area contributed by atoms with Crippen LogP contribution in [0.2, 0.25) is 0 Å². The number of nitrogens with zero attached hydrogens (tertiary/aromatic N) is 1. The quantitative estimate of drug-likeness (QED) is 0.890. The fraction of sp³-hybridized carbons (Fsp3) is 0.538. The molecular weight excluding hydrogens is 306 g/mol. The highest BCUT2D eigenvalue weighted by atomic mass is 35.5. The third-order valence-electron chi connectivity index (χ3n) is 3.33. The van der Waals surface area contributed by atoms with Crippen molar-refractivity contribution < 1.29 is 14.2 Å². The van der Waals surface area contributed by atoms with Gasteiger partial charge in [0.15, 0.2) is 0 Å². The maximum atomic E-state index is 13.4. The summed E-state index contributed by atoms with van der Waals surface area (Å²) in [5.74, 6) is 0.631. The molecule has 0 bridgehead atoms. The van der Waals surface area contributed by atoms with Gasteiger partial charge in [0.2, 0.25) is 0 Å². The summed E-state index contributed by atoms with van der Waals surface area (Å²) < 4.78 is 18.6. The molecule has 2 N–H and O–H groups in total. The van der Waals surface area contributed by atoms with Crippen LogP contribution in [-0.4, -0.2) is 50.0 Å². The van der Waals surface area contributed by atoms with Crippen LogP contribution in [0.25, 0.3) is 0 Å². The minimum Gasteiger partial charge on any atom is -0.507 e. The second kappa shape index (κ2) is 9.23. The molecule has 1 atom stereocenters. The first-order valence-electron chi connectivity index (χ1n) is 6.14. The number of methoxy groups -OCH3 is 1. The Bertz CT molecular complexity index is 404. The maximum absolute atomic E-state index is 13.4. The van der Waals surface area contributed by atoms with E-state index in [1.807, 2.05) is 4.90 Å². The van der Waals surface area contributed by atoms with Gasteiger partial charge in [-0.25, -0.2) is 4.39 Å². The van der Waals surface area contributed by atoms with Crippen LogP contribution in [0.5, 0.6) is 11.5 Å². The summed E-state index contributed by atoms with van der Waals surface area (Å²) in [6, 6.07) is 4.58. The minimum atomic E-state index is -0.534. The van der Waals surface area contributed by atoms with Crippen LogP contribution in [0.4, 0.5) is 4.39 Å². The standard InChI is InChI=1S/C13H19FN2O2.2ClH/c1-18-12-4-2-3-11(17)13(12)10(9-14)16-7-5-15-6-8-16;;/h2-4,10,15,17H,5-9H2,1H3;2*1H/t10-;;/m0../s1. The number of alkyl halides is 1. The lowest BCUT2D eigenvalue weighted by Crippen LogP contribution is -2.45. The Hall–Kier alpha value is -0.750. The summed E-state index contributed by atoms with van der Waals surface area (Å²) in [4.78, 5) is 2.04. The highest BCUT2D eigenvalue weighted by molar-refractivity contribution is 5.85. The monoisotopic (exact) mass is 326 g/mol. The van der Waals surface area contributed by atoms with Crippen LogP contribution in [-0.2, 0) is 0 Å². The molecule has 0 radical (unpaired) electrons. The number of hydrogen-bond donors (Lipinski definition) is 2. The van der Waals surface area contributed by atoms with E-state index in [4.69, 9.17) is 4.74 Å². The Morgan fingerprint density at radius 1 is 1.35 bits per heavy atom. The zero-order valence-corrected chi connectivity index (χ0v) is 13.0. The van der Waals surface area contributed by atoms with Gasteiger partial charge in [0, 0.05) is 26.2 Å². The van der Waals surface area contributed by atoms with E-state index in [2.05, 4.69) is 5.32 Å². The number of phenols is 1. The summed E-state index contributed by atoms with van der Waals surface area (Å²) in [7, 11) is 1.53. The lowest BCUT2D eigenvalue weighted by molar-refractivity contribution is 0.142. The molecule has 116 valence electrons. The summed E-state index contributed by atoms with van der Waals surface area (Å²) in [5.41, 5.74) is 0.546. The smallest absolute Gasteiger partial charge is 0.127 e. The molecule has 1 saturated heterocycles. The number of rotatable bonds is 4. The number of ether oxygens (including phenoxy) is 1. The summed E-state index contributed by atoms with van der Waals surface area (Å²) >= 11 is 0. The van der Waals surface area contributed by atoms with Crippen molar-refractivity contribution >= 4 is 24.8 Å². The van der Waals surface area contributed by atoms with Crippen LogP contribution >= 0.6 is 24.8 Å². The summed E-state index contributed by atoms with van der Waals surface area (Å²) in [5, 5.41) is 13.2. The predicted molar refractivity (Wildman–Crippen MR) is 82.3 cm³/mol. The van der Waals surface area contributed by atoms with E-state index in [-0.39, 0.29) is 30.6 Å². The molecule has 20 heavy (non-hydrogen) atoms. The maximum Gasteiger partial charge on any atom is 0.127 e. The third-order valence-corrected chi connectivity index (χ3v) is 3.33. The normalized spacial score (nSPS) is 16.7. The predicted octanol–water partition coefficient (Wildman–Crippen LogP) is 2.16. The van der Waals surface area contributed by atoms with E-state index in [9.17, 15) is 9.50 Å². The second-order valence-corrected chi connectivity index (χ2v) is 4.35. The number of aromatic hydroxyl groups is 1. The molecule has 1 aliphatic heterocycles. The zero-order chi connectivity index (χ0) is 13.0. The Kier molecular flexibility index (Phi) is 8.89. The van der Waals surface area contributed by atoms with Gasteiger partial charge in [0.1, 0.15) is 18.2 Å². The van der Waals surface area contributed by atoms with Gasteiger partial charge in [-0.05, 0) is 12.1 Å². The van der Waals surface area contributed by atoms with E-state index < -0.39 is 12.7 Å². The highest BCUT2D eigenvalue weighted by Crippen LogP contribution is 2.36. The molecule has 2 rings (SSSR count). The lowest BCUT2D eigenvalue weighted by atomic mass is 10.0. The second-order valence-electron chi connectivity index (χ2n) is 4.35. The summed E-state index contributed by atoms with van der Waals surface area (Å²) in [6.45, 7) is 2.69. The van der Waals surface area contributed by atoms with Crippen LogP contribution in [0.1, 0.15) is 11.6 Å². The molecule has 0 unspecified atom stereocenters. The van der Waals surface area contributed by atoms with Gasteiger partial charge in [-0.15, -0.1) is 24.8 Å². The van der Waals surface area contributed by atoms with Gasteiger partial charge in [-0.3, -0.25) is 4.90 Å². The SMILES string of the molecule is COc1cccc(O)c1[C@H](CF)N1CCNCC1.Cl.Cl. The van der Waals surface area contributed by atoms with Gasteiger partial charge in [-0.1, -0.05) is 6.07 Å². The fourth-order valence-electron chi connectivity index (χ4n) is 2.40. The van der Waals surface area contributed by atoms with Crippen molar-refractivity contribution in [1.82, 2.24) is 10.2 Å². The molecule has 0 amide bonds. The van der Waals surface area contributed by atoms with E-state index in [0.717, 1.165) is 26.2 Å². The molecular formula is C13H21Cl2FN2O2. The van der Waals surface area contributed by atoms with Crippen LogP contribution in [0, 0.1) is 0 Å². The lowest BCUT2D eigenvalue weighted by Gasteiger charge is -2.34. The number of halogens is 3. The molecule has 1 heterocycles.